The van der Waals surface area contributed by atoms with Gasteiger partial charge in [-0.15, -0.1) is 0 Å². The van der Waals surface area contributed by atoms with Crippen LogP contribution in [0, 0.1) is 0 Å². The van der Waals surface area contributed by atoms with Gasteiger partial charge in [0.25, 0.3) is 0 Å². The first-order valence-corrected chi connectivity index (χ1v) is 5.39. The van der Waals surface area contributed by atoms with Crippen molar-refractivity contribution in [1.29, 1.82) is 0 Å². The van der Waals surface area contributed by atoms with Gasteiger partial charge < -0.3 is 4.90 Å². The summed E-state index contributed by atoms with van der Waals surface area (Å²) in [5.74, 6) is 0.322. The summed E-state index contributed by atoms with van der Waals surface area (Å²) < 4.78 is 36.5. The van der Waals surface area contributed by atoms with Crippen LogP contribution in [0.4, 0.5) is 19.0 Å². The van der Waals surface area contributed by atoms with Crippen LogP contribution < -0.4 is 4.90 Å². The van der Waals surface area contributed by atoms with Crippen molar-refractivity contribution in [3.63, 3.8) is 0 Å². The molecule has 0 radical (unpaired) electrons. The quantitative estimate of drug-likeness (QED) is 0.877. The number of anilines is 1. The normalized spacial score (nSPS) is 12.1. The summed E-state index contributed by atoms with van der Waals surface area (Å²) in [6, 6.07) is 0. The number of rotatable bonds is 3. The van der Waals surface area contributed by atoms with Gasteiger partial charge in [0.2, 0.25) is 5.28 Å². The largest absolute Gasteiger partial charge is 0.390 e. The third-order valence-corrected chi connectivity index (χ3v) is 2.52. The maximum Gasteiger partial charge on any atom is 0.390 e. The minimum absolute atomic E-state index is 0.0411. The molecule has 0 saturated carbocycles. The molecule has 2 heterocycles. The van der Waals surface area contributed by atoms with Gasteiger partial charge in [-0.3, -0.25) is 5.10 Å². The van der Waals surface area contributed by atoms with E-state index in [1.165, 1.54) is 18.1 Å². The second kappa shape index (κ2) is 4.60. The van der Waals surface area contributed by atoms with Crippen molar-refractivity contribution in [2.45, 2.75) is 12.6 Å². The van der Waals surface area contributed by atoms with E-state index in [2.05, 4.69) is 20.2 Å². The van der Waals surface area contributed by atoms with Gasteiger partial charge in [-0.1, -0.05) is 0 Å². The number of hydrogen-bond acceptors (Lipinski definition) is 4. The molecule has 0 aliphatic rings. The van der Waals surface area contributed by atoms with Gasteiger partial charge in [-0.2, -0.15) is 28.2 Å². The highest BCUT2D eigenvalue weighted by Gasteiger charge is 2.27. The summed E-state index contributed by atoms with van der Waals surface area (Å²) in [4.78, 5) is 9.18. The van der Waals surface area contributed by atoms with E-state index in [1.54, 1.807) is 0 Å². The molecule has 1 N–H and O–H groups in total. The fraction of sp³-hybridized carbons (Fsp3) is 0.444. The summed E-state index contributed by atoms with van der Waals surface area (Å²) in [6.45, 7) is -0.211. The Balaban J connectivity index is 2.26. The molecule has 2 aromatic rings. The van der Waals surface area contributed by atoms with E-state index >= 15 is 0 Å². The van der Waals surface area contributed by atoms with Crippen LogP contribution in [-0.4, -0.2) is 39.9 Å². The highest BCUT2D eigenvalue weighted by Crippen LogP contribution is 2.25. The van der Waals surface area contributed by atoms with E-state index < -0.39 is 12.6 Å². The van der Waals surface area contributed by atoms with E-state index in [0.717, 1.165) is 0 Å². The Morgan fingerprint density at radius 2 is 2.11 bits per heavy atom. The molecule has 0 aliphatic carbocycles. The number of fused-ring (bicyclic) bond motifs is 1. The maximum absolute atomic E-state index is 12.2. The van der Waals surface area contributed by atoms with Crippen LogP contribution in [0.5, 0.6) is 0 Å². The molecule has 0 aliphatic heterocycles. The number of alkyl halides is 3. The molecular weight excluding hydrogens is 271 g/mol. The zero-order valence-corrected chi connectivity index (χ0v) is 10.0. The Hall–Kier alpha value is -1.57. The van der Waals surface area contributed by atoms with E-state index in [1.807, 2.05) is 0 Å². The zero-order valence-electron chi connectivity index (χ0n) is 9.29. The molecule has 2 rings (SSSR count). The topological polar surface area (TPSA) is 57.7 Å². The summed E-state index contributed by atoms with van der Waals surface area (Å²) in [5.41, 5.74) is 0.392. The third-order valence-electron chi connectivity index (χ3n) is 2.35. The lowest BCUT2D eigenvalue weighted by Crippen LogP contribution is -2.25. The zero-order chi connectivity index (χ0) is 13.3. The lowest BCUT2D eigenvalue weighted by Gasteiger charge is -2.19. The van der Waals surface area contributed by atoms with E-state index in [9.17, 15) is 13.2 Å². The van der Waals surface area contributed by atoms with Crippen molar-refractivity contribution < 1.29 is 13.2 Å². The molecule has 0 spiro atoms. The molecule has 0 fully saturated rings. The first kappa shape index (κ1) is 12.9. The number of hydrogen-bond donors (Lipinski definition) is 1. The van der Waals surface area contributed by atoms with E-state index in [4.69, 9.17) is 11.6 Å². The van der Waals surface area contributed by atoms with Gasteiger partial charge in [0.05, 0.1) is 18.0 Å². The van der Waals surface area contributed by atoms with Gasteiger partial charge >= 0.3 is 6.18 Å². The molecule has 18 heavy (non-hydrogen) atoms. The average molecular weight is 280 g/mol. The van der Waals surface area contributed by atoms with Crippen molar-refractivity contribution in [3.8, 4) is 0 Å². The van der Waals surface area contributed by atoms with Crippen LogP contribution in [0.2, 0.25) is 5.28 Å². The van der Waals surface area contributed by atoms with Gasteiger partial charge in [-0.05, 0) is 11.6 Å². The van der Waals surface area contributed by atoms with E-state index in [0.29, 0.717) is 16.9 Å². The first-order chi connectivity index (χ1) is 8.37. The van der Waals surface area contributed by atoms with Crippen LogP contribution in [0.1, 0.15) is 6.42 Å². The number of halogens is 4. The molecule has 0 atom stereocenters. The van der Waals surface area contributed by atoms with Gasteiger partial charge in [0.1, 0.15) is 5.82 Å². The van der Waals surface area contributed by atoms with Crippen molar-refractivity contribution >= 4 is 28.5 Å². The highest BCUT2D eigenvalue weighted by molar-refractivity contribution is 6.28. The summed E-state index contributed by atoms with van der Waals surface area (Å²) in [5, 5.41) is 6.84. The van der Waals surface area contributed by atoms with Gasteiger partial charge in [0.15, 0.2) is 5.65 Å². The molecule has 0 amide bonds. The van der Waals surface area contributed by atoms with Crippen LogP contribution in [-0.2, 0) is 0 Å². The monoisotopic (exact) mass is 279 g/mol. The van der Waals surface area contributed by atoms with E-state index in [-0.39, 0.29) is 11.8 Å². The van der Waals surface area contributed by atoms with Crippen molar-refractivity contribution in [1.82, 2.24) is 20.2 Å². The minimum Gasteiger partial charge on any atom is -0.359 e. The Labute approximate surface area is 105 Å². The first-order valence-electron chi connectivity index (χ1n) is 5.01. The van der Waals surface area contributed by atoms with Gasteiger partial charge in [-0.25, -0.2) is 0 Å². The Morgan fingerprint density at radius 3 is 2.78 bits per heavy atom. The number of nitrogens with one attached hydrogen (secondary N) is 1. The van der Waals surface area contributed by atoms with Crippen molar-refractivity contribution in [2.24, 2.45) is 0 Å². The number of aromatic nitrogens is 4. The molecule has 2 aromatic heterocycles. The number of H-pyrrole nitrogens is 1. The van der Waals surface area contributed by atoms with Crippen molar-refractivity contribution in [2.75, 3.05) is 18.5 Å². The second-order valence-corrected chi connectivity index (χ2v) is 4.07. The number of aromatic amines is 1. The average Bonchev–Trinajstić information content (AvgIpc) is 2.71. The molecular formula is C9H9ClF3N5. The molecule has 9 heteroatoms. The molecule has 0 saturated heterocycles. The maximum atomic E-state index is 12.2. The van der Waals surface area contributed by atoms with Crippen LogP contribution in [0.15, 0.2) is 6.20 Å². The third kappa shape index (κ3) is 2.81. The molecule has 0 aromatic carbocycles. The summed E-state index contributed by atoms with van der Waals surface area (Å²) >= 11 is 5.70. The minimum atomic E-state index is -4.21. The van der Waals surface area contributed by atoms with Gasteiger partial charge in [0, 0.05) is 13.6 Å². The predicted molar refractivity (Wildman–Crippen MR) is 60.6 cm³/mol. The van der Waals surface area contributed by atoms with Crippen LogP contribution in [0.25, 0.3) is 11.0 Å². The Bertz CT molecular complexity index is 553. The Morgan fingerprint density at radius 1 is 1.39 bits per heavy atom. The standard InChI is InChI=1S/C9H9ClF3N5/c1-18(3-2-9(11,12)13)7-5-4-14-17-6(5)15-8(10)16-7/h4H,2-3H2,1H3,(H,14,15,16,17). The molecule has 98 valence electrons. The SMILES string of the molecule is CN(CCC(F)(F)F)c1nc(Cl)nc2[nH]ncc12. The smallest absolute Gasteiger partial charge is 0.359 e. The highest BCUT2D eigenvalue weighted by atomic mass is 35.5. The second-order valence-electron chi connectivity index (χ2n) is 3.74. The molecule has 5 nitrogen and oxygen atoms in total. The molecule has 0 unspecified atom stereocenters. The fourth-order valence-electron chi connectivity index (χ4n) is 1.48. The Kier molecular flexibility index (Phi) is 3.29. The number of nitrogens with zero attached hydrogens (tertiary/aromatic N) is 4. The molecule has 0 bridgehead atoms. The van der Waals surface area contributed by atoms with Crippen molar-refractivity contribution in [3.05, 3.63) is 11.5 Å². The fourth-order valence-corrected chi connectivity index (χ4v) is 1.65. The lowest BCUT2D eigenvalue weighted by molar-refractivity contribution is -0.132. The van der Waals surface area contributed by atoms with Crippen LogP contribution >= 0.6 is 11.6 Å². The summed E-state index contributed by atoms with van der Waals surface area (Å²) in [7, 11) is 1.51. The van der Waals surface area contributed by atoms with Crippen LogP contribution in [0.3, 0.4) is 0 Å². The summed E-state index contributed by atoms with van der Waals surface area (Å²) in [6.07, 6.45) is -3.68. The predicted octanol–water partition coefficient (Wildman–Crippen LogP) is 2.39. The lowest BCUT2D eigenvalue weighted by atomic mass is 10.3.